The highest BCUT2D eigenvalue weighted by Crippen LogP contribution is 2.40. The number of ether oxygens (including phenoxy) is 2. The van der Waals surface area contributed by atoms with E-state index in [1.165, 1.54) is 35.6 Å². The number of aromatic hydroxyl groups is 1. The predicted octanol–water partition coefficient (Wildman–Crippen LogP) is 4.71. The van der Waals surface area contributed by atoms with Gasteiger partial charge >= 0.3 is 11.9 Å². The van der Waals surface area contributed by atoms with Crippen LogP contribution in [0.1, 0.15) is 38.1 Å². The van der Waals surface area contributed by atoms with Crippen LogP contribution in [0.2, 0.25) is 0 Å². The molecule has 0 bridgehead atoms. The van der Waals surface area contributed by atoms with Gasteiger partial charge in [0.05, 0.1) is 12.2 Å². The van der Waals surface area contributed by atoms with Crippen LogP contribution in [0.15, 0.2) is 48.5 Å². The Hall–Kier alpha value is -3.65. The second-order valence-electron chi connectivity index (χ2n) is 7.00. The lowest BCUT2D eigenvalue weighted by Gasteiger charge is -2.10. The Bertz CT molecular complexity index is 1150. The molecule has 0 aliphatic carbocycles. The third-order valence-corrected chi connectivity index (χ3v) is 5.59. The van der Waals surface area contributed by atoms with Gasteiger partial charge in [-0.05, 0) is 44.5 Å². The van der Waals surface area contributed by atoms with E-state index < -0.39 is 24.5 Å². The molecule has 0 radical (unpaired) electrons. The molecule has 0 aliphatic heterocycles. The number of thiophene rings is 1. The van der Waals surface area contributed by atoms with Crippen LogP contribution in [-0.2, 0) is 14.3 Å². The maximum atomic E-state index is 12.7. The van der Waals surface area contributed by atoms with Crippen molar-refractivity contribution < 1.29 is 29.0 Å². The van der Waals surface area contributed by atoms with E-state index >= 15 is 0 Å². The number of aryl methyl sites for hydroxylation is 2. The molecule has 0 unspecified atom stereocenters. The van der Waals surface area contributed by atoms with Crippen molar-refractivity contribution in [1.29, 1.82) is 0 Å². The van der Waals surface area contributed by atoms with Gasteiger partial charge < -0.3 is 19.9 Å². The van der Waals surface area contributed by atoms with Gasteiger partial charge in [0, 0.05) is 10.4 Å². The fourth-order valence-electron chi connectivity index (χ4n) is 3.11. The molecule has 0 fully saturated rings. The fourth-order valence-corrected chi connectivity index (χ4v) is 4.19. The quantitative estimate of drug-likeness (QED) is 0.503. The van der Waals surface area contributed by atoms with E-state index in [4.69, 9.17) is 9.47 Å². The summed E-state index contributed by atoms with van der Waals surface area (Å²) < 4.78 is 10.3. The molecule has 1 amide bonds. The van der Waals surface area contributed by atoms with Crippen molar-refractivity contribution >= 4 is 34.2 Å². The molecule has 0 saturated carbocycles. The molecular weight excluding hydrogens is 430 g/mol. The van der Waals surface area contributed by atoms with E-state index in [0.717, 1.165) is 16.0 Å². The molecule has 0 atom stereocenters. The number of amides is 1. The third kappa shape index (κ3) is 5.33. The number of hydrogen-bond donors (Lipinski definition) is 2. The molecule has 0 spiro atoms. The smallest absolute Gasteiger partial charge is 0.341 e. The summed E-state index contributed by atoms with van der Waals surface area (Å²) in [6.45, 7) is 5.19. The maximum absolute atomic E-state index is 12.7. The fraction of sp³-hybridized carbons (Fsp3) is 0.208. The number of nitrogens with one attached hydrogen (secondary N) is 1. The molecule has 8 heteroatoms. The standard InChI is InChI=1S/C24H23NO6S/c1-4-30-24(29)21-20(16-10-8-14(2)9-11-16)15(3)32-22(21)25-19(27)13-31-23(28)17-6-5-7-18(26)12-17/h5-12,26H,4,13H2,1-3H3,(H,25,27). The van der Waals surface area contributed by atoms with E-state index in [-0.39, 0.29) is 23.5 Å². The minimum Gasteiger partial charge on any atom is -0.508 e. The highest BCUT2D eigenvalue weighted by atomic mass is 32.1. The molecule has 7 nitrogen and oxygen atoms in total. The number of phenols is 1. The Morgan fingerprint density at radius 1 is 1.00 bits per heavy atom. The van der Waals surface area contributed by atoms with Crippen molar-refractivity contribution in [1.82, 2.24) is 0 Å². The minimum atomic E-state index is -0.746. The van der Waals surface area contributed by atoms with Gasteiger partial charge in [0.1, 0.15) is 16.3 Å². The molecule has 1 heterocycles. The molecule has 2 aromatic carbocycles. The van der Waals surface area contributed by atoms with Gasteiger partial charge in [-0.25, -0.2) is 9.59 Å². The molecule has 2 N–H and O–H groups in total. The zero-order valence-electron chi connectivity index (χ0n) is 17.9. The summed E-state index contributed by atoms with van der Waals surface area (Å²) in [5, 5.41) is 12.5. The van der Waals surface area contributed by atoms with Gasteiger partial charge in [0.15, 0.2) is 6.61 Å². The highest BCUT2D eigenvalue weighted by Gasteiger charge is 2.25. The van der Waals surface area contributed by atoms with Crippen LogP contribution < -0.4 is 5.32 Å². The van der Waals surface area contributed by atoms with Crippen LogP contribution in [0.4, 0.5) is 5.00 Å². The van der Waals surface area contributed by atoms with Crippen LogP contribution in [0.3, 0.4) is 0 Å². The number of phenolic OH excluding ortho intramolecular Hbond substituents is 1. The molecule has 0 saturated heterocycles. The lowest BCUT2D eigenvalue weighted by Crippen LogP contribution is -2.21. The van der Waals surface area contributed by atoms with E-state index in [9.17, 15) is 19.5 Å². The van der Waals surface area contributed by atoms with Crippen LogP contribution >= 0.6 is 11.3 Å². The average molecular weight is 454 g/mol. The zero-order valence-corrected chi connectivity index (χ0v) is 18.7. The van der Waals surface area contributed by atoms with E-state index in [0.29, 0.717) is 10.6 Å². The van der Waals surface area contributed by atoms with E-state index in [1.807, 2.05) is 38.1 Å². The van der Waals surface area contributed by atoms with Gasteiger partial charge in [0.25, 0.3) is 5.91 Å². The van der Waals surface area contributed by atoms with Crippen LogP contribution in [0.5, 0.6) is 5.75 Å². The topological polar surface area (TPSA) is 102 Å². The first-order valence-electron chi connectivity index (χ1n) is 9.93. The van der Waals surface area contributed by atoms with E-state index in [2.05, 4.69) is 5.32 Å². The Morgan fingerprint density at radius 2 is 1.72 bits per heavy atom. The average Bonchev–Trinajstić information content (AvgIpc) is 3.08. The third-order valence-electron chi connectivity index (χ3n) is 4.57. The molecule has 0 aliphatic rings. The maximum Gasteiger partial charge on any atom is 0.341 e. The monoisotopic (exact) mass is 453 g/mol. The first-order valence-corrected chi connectivity index (χ1v) is 10.7. The van der Waals surface area contributed by atoms with Crippen molar-refractivity contribution in [3.8, 4) is 16.9 Å². The minimum absolute atomic E-state index is 0.0827. The van der Waals surface area contributed by atoms with Gasteiger partial charge in [-0.3, -0.25) is 4.79 Å². The summed E-state index contributed by atoms with van der Waals surface area (Å²) in [6.07, 6.45) is 0. The second kappa shape index (κ2) is 10.1. The summed E-state index contributed by atoms with van der Waals surface area (Å²) in [5.74, 6) is -1.97. The summed E-state index contributed by atoms with van der Waals surface area (Å²) >= 11 is 1.25. The van der Waals surface area contributed by atoms with Gasteiger partial charge in [-0.2, -0.15) is 0 Å². The van der Waals surface area contributed by atoms with Crippen molar-refractivity contribution in [2.45, 2.75) is 20.8 Å². The lowest BCUT2D eigenvalue weighted by atomic mass is 10.0. The Labute approximate surface area is 189 Å². The number of anilines is 1. The highest BCUT2D eigenvalue weighted by molar-refractivity contribution is 7.17. The van der Waals surface area contributed by atoms with Crippen molar-refractivity contribution in [2.75, 3.05) is 18.5 Å². The molecule has 166 valence electrons. The van der Waals surface area contributed by atoms with Crippen LogP contribution in [0, 0.1) is 13.8 Å². The largest absolute Gasteiger partial charge is 0.508 e. The normalized spacial score (nSPS) is 10.5. The molecular formula is C24H23NO6S. The van der Waals surface area contributed by atoms with Gasteiger partial charge in [-0.1, -0.05) is 35.9 Å². The Balaban J connectivity index is 1.81. The van der Waals surface area contributed by atoms with E-state index in [1.54, 1.807) is 6.92 Å². The molecule has 3 rings (SSSR count). The SMILES string of the molecule is CCOC(=O)c1c(NC(=O)COC(=O)c2cccc(O)c2)sc(C)c1-c1ccc(C)cc1. The number of hydrogen-bond acceptors (Lipinski definition) is 7. The lowest BCUT2D eigenvalue weighted by molar-refractivity contribution is -0.119. The molecule has 32 heavy (non-hydrogen) atoms. The molecule has 3 aromatic rings. The van der Waals surface area contributed by atoms with Crippen LogP contribution in [0.25, 0.3) is 11.1 Å². The number of carbonyl (C=O) groups is 3. The van der Waals surface area contributed by atoms with Crippen molar-refractivity contribution in [2.24, 2.45) is 0 Å². The summed E-state index contributed by atoms with van der Waals surface area (Å²) in [7, 11) is 0. The van der Waals surface area contributed by atoms with Gasteiger partial charge in [-0.15, -0.1) is 11.3 Å². The first-order chi connectivity index (χ1) is 15.3. The summed E-state index contributed by atoms with van der Waals surface area (Å²) in [6, 6.07) is 13.3. The Morgan fingerprint density at radius 3 is 2.38 bits per heavy atom. The second-order valence-corrected chi connectivity index (χ2v) is 8.22. The first kappa shape index (κ1) is 23.0. The number of carbonyl (C=O) groups excluding carboxylic acids is 3. The van der Waals surface area contributed by atoms with Crippen molar-refractivity contribution in [3.63, 3.8) is 0 Å². The van der Waals surface area contributed by atoms with Crippen molar-refractivity contribution in [3.05, 3.63) is 70.1 Å². The van der Waals surface area contributed by atoms with Crippen LogP contribution in [-0.4, -0.2) is 36.2 Å². The molecule has 1 aromatic heterocycles. The summed E-state index contributed by atoms with van der Waals surface area (Å²) in [5.41, 5.74) is 3.01. The Kier molecular flexibility index (Phi) is 7.27. The summed E-state index contributed by atoms with van der Waals surface area (Å²) in [4.78, 5) is 38.1. The number of rotatable bonds is 7. The predicted molar refractivity (Wildman–Crippen MR) is 122 cm³/mol. The number of esters is 2. The zero-order chi connectivity index (χ0) is 23.3. The van der Waals surface area contributed by atoms with Gasteiger partial charge in [0.2, 0.25) is 0 Å². The number of benzene rings is 2.